The van der Waals surface area contributed by atoms with Gasteiger partial charge < -0.3 is 13.7 Å². The Hall–Kier alpha value is -3.41. The average molecular weight is 447 g/mol. The maximum atomic E-state index is 6.39. The molecule has 0 aliphatic carbocycles. The molecule has 5 heteroatoms. The molecule has 0 spiro atoms. The highest BCUT2D eigenvalue weighted by molar-refractivity contribution is 6.64. The summed E-state index contributed by atoms with van der Waals surface area (Å²) in [4.78, 5) is 4.81. The molecule has 0 N–H and O–H groups in total. The Bertz CT molecular complexity index is 1510. The van der Waals surface area contributed by atoms with Gasteiger partial charge >= 0.3 is 7.12 Å². The summed E-state index contributed by atoms with van der Waals surface area (Å²) in [6, 6.07) is 28.9. The third-order valence-electron chi connectivity index (χ3n) is 7.17. The van der Waals surface area contributed by atoms with Crippen LogP contribution >= 0.6 is 0 Å². The number of rotatable bonds is 3. The minimum Gasteiger partial charge on any atom is -0.435 e. The number of aromatic nitrogens is 1. The molecule has 6 rings (SSSR count). The summed E-state index contributed by atoms with van der Waals surface area (Å²) < 4.78 is 19.1. The molecule has 1 aliphatic heterocycles. The molecule has 0 amide bonds. The monoisotopic (exact) mass is 447 g/mol. The van der Waals surface area contributed by atoms with Crippen LogP contribution in [0, 0.1) is 0 Å². The van der Waals surface area contributed by atoms with Crippen molar-refractivity contribution in [2.75, 3.05) is 0 Å². The Kier molecular flexibility index (Phi) is 4.70. The van der Waals surface area contributed by atoms with E-state index in [0.717, 1.165) is 44.0 Å². The van der Waals surface area contributed by atoms with Gasteiger partial charge in [0, 0.05) is 10.9 Å². The van der Waals surface area contributed by atoms with Crippen LogP contribution in [0.1, 0.15) is 27.7 Å². The topological polar surface area (TPSA) is 44.5 Å². The third kappa shape index (κ3) is 3.35. The minimum atomic E-state index is -0.457. The predicted molar refractivity (Wildman–Crippen MR) is 138 cm³/mol. The van der Waals surface area contributed by atoms with Crippen LogP contribution in [-0.4, -0.2) is 23.3 Å². The van der Waals surface area contributed by atoms with Crippen molar-refractivity contribution in [3.63, 3.8) is 0 Å². The van der Waals surface area contributed by atoms with E-state index < -0.39 is 18.3 Å². The molecule has 1 aromatic heterocycles. The van der Waals surface area contributed by atoms with Crippen molar-refractivity contribution in [3.8, 4) is 22.6 Å². The molecule has 5 aromatic rings. The molecule has 0 radical (unpaired) electrons. The number of oxazole rings is 1. The molecule has 1 fully saturated rings. The van der Waals surface area contributed by atoms with Gasteiger partial charge in [0.1, 0.15) is 5.52 Å². The SMILES string of the molecule is CC1(C)OB(c2ccc(-c3nc4ccc5ccccc5c4o3)cc2-c2ccccc2)OC1(C)C. The second-order valence-electron chi connectivity index (χ2n) is 9.91. The van der Waals surface area contributed by atoms with Crippen LogP contribution in [0.5, 0.6) is 0 Å². The van der Waals surface area contributed by atoms with Gasteiger partial charge in [0.25, 0.3) is 0 Å². The largest absolute Gasteiger partial charge is 0.495 e. The first-order valence-electron chi connectivity index (χ1n) is 11.7. The number of benzene rings is 4. The van der Waals surface area contributed by atoms with E-state index in [-0.39, 0.29) is 0 Å². The Balaban J connectivity index is 1.49. The second kappa shape index (κ2) is 7.56. The van der Waals surface area contributed by atoms with Crippen LogP contribution in [-0.2, 0) is 9.31 Å². The Morgan fingerprint density at radius 2 is 1.41 bits per heavy atom. The quantitative estimate of drug-likeness (QED) is 0.292. The van der Waals surface area contributed by atoms with Crippen molar-refractivity contribution in [3.05, 3.63) is 84.9 Å². The molecule has 168 valence electrons. The molecule has 4 aromatic carbocycles. The third-order valence-corrected chi connectivity index (χ3v) is 7.17. The lowest BCUT2D eigenvalue weighted by atomic mass is 9.74. The highest BCUT2D eigenvalue weighted by Crippen LogP contribution is 2.38. The van der Waals surface area contributed by atoms with Crippen LogP contribution in [0.4, 0.5) is 0 Å². The molecule has 2 heterocycles. The molecule has 0 saturated carbocycles. The van der Waals surface area contributed by atoms with Crippen molar-refractivity contribution >= 4 is 34.5 Å². The van der Waals surface area contributed by atoms with E-state index in [1.165, 1.54) is 0 Å². The van der Waals surface area contributed by atoms with E-state index >= 15 is 0 Å². The first-order chi connectivity index (χ1) is 16.3. The van der Waals surface area contributed by atoms with Crippen LogP contribution in [0.25, 0.3) is 44.5 Å². The van der Waals surface area contributed by atoms with E-state index in [0.29, 0.717) is 5.89 Å². The van der Waals surface area contributed by atoms with Crippen LogP contribution < -0.4 is 5.46 Å². The Labute approximate surface area is 199 Å². The number of nitrogens with zero attached hydrogens (tertiary/aromatic N) is 1. The van der Waals surface area contributed by atoms with Gasteiger partial charge in [-0.25, -0.2) is 4.98 Å². The van der Waals surface area contributed by atoms with E-state index in [1.807, 2.05) is 42.5 Å². The molecule has 0 unspecified atom stereocenters. The molecule has 4 nitrogen and oxygen atoms in total. The molecule has 0 bridgehead atoms. The fraction of sp³-hybridized carbons (Fsp3) is 0.207. The summed E-state index contributed by atoms with van der Waals surface area (Å²) in [5.74, 6) is 0.601. The lowest BCUT2D eigenvalue weighted by Crippen LogP contribution is -2.41. The molecule has 34 heavy (non-hydrogen) atoms. The number of fused-ring (bicyclic) bond motifs is 3. The van der Waals surface area contributed by atoms with Crippen molar-refractivity contribution < 1.29 is 13.7 Å². The number of hydrogen-bond donors (Lipinski definition) is 0. The van der Waals surface area contributed by atoms with Gasteiger partial charge in [-0.3, -0.25) is 0 Å². The lowest BCUT2D eigenvalue weighted by molar-refractivity contribution is 0.00578. The fourth-order valence-corrected chi connectivity index (χ4v) is 4.51. The molecular formula is C29H26BNO3. The minimum absolute atomic E-state index is 0.411. The van der Waals surface area contributed by atoms with Crippen LogP contribution in [0.3, 0.4) is 0 Å². The zero-order valence-corrected chi connectivity index (χ0v) is 19.8. The second-order valence-corrected chi connectivity index (χ2v) is 9.91. The summed E-state index contributed by atoms with van der Waals surface area (Å²) >= 11 is 0. The Morgan fingerprint density at radius 1 is 0.706 bits per heavy atom. The van der Waals surface area contributed by atoms with E-state index in [4.69, 9.17) is 18.7 Å². The summed E-state index contributed by atoms with van der Waals surface area (Å²) in [5.41, 5.74) is 4.89. The van der Waals surface area contributed by atoms with Gasteiger partial charge in [-0.15, -0.1) is 0 Å². The van der Waals surface area contributed by atoms with Crippen molar-refractivity contribution in [2.45, 2.75) is 38.9 Å². The zero-order chi connectivity index (χ0) is 23.5. The van der Waals surface area contributed by atoms with Gasteiger partial charge in [-0.1, -0.05) is 66.7 Å². The smallest absolute Gasteiger partial charge is 0.435 e. The maximum absolute atomic E-state index is 6.39. The summed E-state index contributed by atoms with van der Waals surface area (Å²) in [5, 5.41) is 2.20. The van der Waals surface area contributed by atoms with Gasteiger partial charge in [0.15, 0.2) is 5.58 Å². The highest BCUT2D eigenvalue weighted by atomic mass is 16.7. The van der Waals surface area contributed by atoms with Crippen molar-refractivity contribution in [2.24, 2.45) is 0 Å². The first-order valence-corrected chi connectivity index (χ1v) is 11.7. The fourth-order valence-electron chi connectivity index (χ4n) is 4.51. The van der Waals surface area contributed by atoms with E-state index in [2.05, 4.69) is 70.2 Å². The summed E-state index contributed by atoms with van der Waals surface area (Å²) in [6.45, 7) is 8.30. The molecule has 0 atom stereocenters. The van der Waals surface area contributed by atoms with Gasteiger partial charge in [0.05, 0.1) is 11.2 Å². The molecule has 1 saturated heterocycles. The predicted octanol–water partition coefficient (Wildman–Crippen LogP) is 6.61. The standard InChI is InChI=1S/C29H26BNO3/c1-28(2)29(3,4)34-30(33-28)24-16-14-21(18-23(24)19-10-6-5-7-11-19)27-31-25-17-15-20-12-8-9-13-22(20)26(25)32-27/h5-18H,1-4H3. The number of hydrogen-bond acceptors (Lipinski definition) is 4. The lowest BCUT2D eigenvalue weighted by Gasteiger charge is -2.32. The Morgan fingerprint density at radius 3 is 2.18 bits per heavy atom. The zero-order valence-electron chi connectivity index (χ0n) is 19.8. The summed E-state index contributed by atoms with van der Waals surface area (Å²) in [6.07, 6.45) is 0. The van der Waals surface area contributed by atoms with Crippen molar-refractivity contribution in [1.29, 1.82) is 0 Å². The van der Waals surface area contributed by atoms with Crippen LogP contribution in [0.2, 0.25) is 0 Å². The molecule has 1 aliphatic rings. The summed E-state index contributed by atoms with van der Waals surface area (Å²) in [7, 11) is -0.457. The van der Waals surface area contributed by atoms with Gasteiger partial charge in [-0.05, 0) is 67.9 Å². The van der Waals surface area contributed by atoms with E-state index in [9.17, 15) is 0 Å². The molecular weight excluding hydrogens is 421 g/mol. The maximum Gasteiger partial charge on any atom is 0.495 e. The highest BCUT2D eigenvalue weighted by Gasteiger charge is 2.52. The van der Waals surface area contributed by atoms with Gasteiger partial charge in [-0.2, -0.15) is 0 Å². The van der Waals surface area contributed by atoms with Crippen LogP contribution in [0.15, 0.2) is 89.3 Å². The van der Waals surface area contributed by atoms with Gasteiger partial charge in [0.2, 0.25) is 5.89 Å². The average Bonchev–Trinajstić information content (AvgIpc) is 3.37. The normalized spacial score (nSPS) is 17.0. The first kappa shape index (κ1) is 21.1. The van der Waals surface area contributed by atoms with Crippen molar-refractivity contribution in [1.82, 2.24) is 4.98 Å². The van der Waals surface area contributed by atoms with E-state index in [1.54, 1.807) is 0 Å².